The lowest BCUT2D eigenvalue weighted by atomic mass is 10.1. The lowest BCUT2D eigenvalue weighted by Gasteiger charge is -2.29. The largest absolute Gasteiger partial charge is 0.485 e. The van der Waals surface area contributed by atoms with E-state index in [9.17, 15) is 14.4 Å². The maximum Gasteiger partial charge on any atom is 0.287 e. The fourth-order valence-corrected chi connectivity index (χ4v) is 4.36. The van der Waals surface area contributed by atoms with Crippen LogP contribution in [0.4, 0.5) is 5.69 Å². The minimum atomic E-state index is -0.399. The topological polar surface area (TPSA) is 117 Å². The molecule has 2 aliphatic rings. The van der Waals surface area contributed by atoms with Crippen LogP contribution in [0.2, 0.25) is 0 Å². The maximum atomic E-state index is 12.8. The zero-order valence-electron chi connectivity index (χ0n) is 21.3. The van der Waals surface area contributed by atoms with Gasteiger partial charge in [-0.15, -0.1) is 0 Å². The number of nitrogens with zero attached hydrogens (tertiary/aromatic N) is 1. The van der Waals surface area contributed by atoms with Crippen LogP contribution in [0.25, 0.3) is 0 Å². The van der Waals surface area contributed by atoms with Crippen LogP contribution in [0.3, 0.4) is 0 Å². The van der Waals surface area contributed by atoms with Gasteiger partial charge in [0.2, 0.25) is 6.79 Å². The van der Waals surface area contributed by atoms with Crippen molar-refractivity contribution < 1.29 is 37.7 Å². The summed E-state index contributed by atoms with van der Waals surface area (Å²) in [6, 6.07) is 22.6. The number of furan rings is 1. The van der Waals surface area contributed by atoms with Crippen molar-refractivity contribution in [2.24, 2.45) is 0 Å². The predicted octanol–water partition coefficient (Wildman–Crippen LogP) is 4.13. The normalized spacial score (nSPS) is 13.4. The highest BCUT2D eigenvalue weighted by Crippen LogP contribution is 2.35. The number of ketones is 1. The molecule has 3 aromatic carbocycles. The van der Waals surface area contributed by atoms with E-state index in [1.807, 2.05) is 30.3 Å². The Hall–Kier alpha value is -5.25. The van der Waals surface area contributed by atoms with Crippen molar-refractivity contribution in [3.05, 3.63) is 102 Å². The van der Waals surface area contributed by atoms with Gasteiger partial charge in [0.05, 0.1) is 12.2 Å². The van der Waals surface area contributed by atoms with E-state index in [0.29, 0.717) is 40.0 Å². The Balaban J connectivity index is 1.11. The van der Waals surface area contributed by atoms with E-state index >= 15 is 0 Å². The molecule has 0 saturated heterocycles. The monoisotopic (exact) mass is 540 g/mol. The second-order valence-corrected chi connectivity index (χ2v) is 9.11. The second kappa shape index (κ2) is 10.9. The zero-order valence-corrected chi connectivity index (χ0v) is 21.3. The minimum Gasteiger partial charge on any atom is -0.485 e. The molecule has 10 heteroatoms. The molecular weight excluding hydrogens is 516 g/mol. The smallest absolute Gasteiger partial charge is 0.287 e. The summed E-state index contributed by atoms with van der Waals surface area (Å²) in [6.07, 6.45) is 0. The summed E-state index contributed by atoms with van der Waals surface area (Å²) in [5.41, 5.74) is 1.66. The lowest BCUT2D eigenvalue weighted by Crippen LogP contribution is -2.38. The van der Waals surface area contributed by atoms with Crippen molar-refractivity contribution in [3.8, 4) is 23.0 Å². The molecule has 0 unspecified atom stereocenters. The number of ether oxygens (including phenoxy) is 4. The van der Waals surface area contributed by atoms with Gasteiger partial charge in [-0.25, -0.2) is 0 Å². The van der Waals surface area contributed by atoms with Crippen molar-refractivity contribution in [2.75, 3.05) is 24.9 Å². The quantitative estimate of drug-likeness (QED) is 0.315. The number of carbonyl (C=O) groups is 3. The second-order valence-electron chi connectivity index (χ2n) is 9.11. The fourth-order valence-electron chi connectivity index (χ4n) is 4.36. The molecule has 2 amide bonds. The summed E-state index contributed by atoms with van der Waals surface area (Å²) in [7, 11) is 0. The number of Topliss-reactive ketones (excluding diaryl/α,β-unsaturated/α-hetero) is 1. The molecule has 4 aromatic rings. The van der Waals surface area contributed by atoms with Gasteiger partial charge in [-0.2, -0.15) is 0 Å². The van der Waals surface area contributed by atoms with Gasteiger partial charge in [-0.05, 0) is 60.2 Å². The highest BCUT2D eigenvalue weighted by molar-refractivity contribution is 6.02. The van der Waals surface area contributed by atoms with E-state index in [1.54, 1.807) is 48.5 Å². The molecule has 40 heavy (non-hydrogen) atoms. The number of rotatable bonds is 9. The lowest BCUT2D eigenvalue weighted by molar-refractivity contribution is -0.121. The maximum absolute atomic E-state index is 12.8. The molecule has 0 saturated carbocycles. The number of carbonyl (C=O) groups excluding carboxylic acids is 3. The van der Waals surface area contributed by atoms with Gasteiger partial charge < -0.3 is 28.7 Å². The fraction of sp³-hybridized carbons (Fsp3) is 0.167. The van der Waals surface area contributed by atoms with E-state index < -0.39 is 5.91 Å². The molecule has 0 bridgehead atoms. The first-order valence-corrected chi connectivity index (χ1v) is 12.6. The number of nitrogens with one attached hydrogen (secondary N) is 1. The van der Waals surface area contributed by atoms with Crippen LogP contribution in [-0.4, -0.2) is 37.6 Å². The SMILES string of the molecule is O=C(COc1ccccc1)c1ccc2c(c1)N(Cc1ccc(C(=O)NCc3ccc4c(c3)OCO4)o1)C(=O)CO2. The molecule has 1 aromatic heterocycles. The van der Waals surface area contributed by atoms with Crippen LogP contribution >= 0.6 is 0 Å². The number of anilines is 1. The molecule has 10 nitrogen and oxygen atoms in total. The van der Waals surface area contributed by atoms with Gasteiger partial charge in [0.1, 0.15) is 17.3 Å². The average Bonchev–Trinajstić information content (AvgIpc) is 3.66. The van der Waals surface area contributed by atoms with Crippen LogP contribution < -0.4 is 29.2 Å². The third kappa shape index (κ3) is 5.32. The predicted molar refractivity (Wildman–Crippen MR) is 142 cm³/mol. The first-order chi connectivity index (χ1) is 19.5. The summed E-state index contributed by atoms with van der Waals surface area (Å²) in [5, 5.41) is 2.81. The highest BCUT2D eigenvalue weighted by atomic mass is 16.7. The van der Waals surface area contributed by atoms with Crippen molar-refractivity contribution in [2.45, 2.75) is 13.1 Å². The molecule has 0 fully saturated rings. The average molecular weight is 541 g/mol. The summed E-state index contributed by atoms with van der Waals surface area (Å²) in [5.74, 6) is 1.92. The molecule has 3 heterocycles. The number of hydrogen-bond acceptors (Lipinski definition) is 8. The van der Waals surface area contributed by atoms with Crippen LogP contribution in [0.1, 0.15) is 32.2 Å². The molecule has 0 atom stereocenters. The van der Waals surface area contributed by atoms with E-state index in [-0.39, 0.29) is 50.5 Å². The molecular formula is C30H24N2O8. The number of benzene rings is 3. The van der Waals surface area contributed by atoms with Gasteiger partial charge in [-0.3, -0.25) is 19.3 Å². The molecule has 6 rings (SSSR count). The molecule has 202 valence electrons. The van der Waals surface area contributed by atoms with Crippen molar-refractivity contribution in [1.29, 1.82) is 0 Å². The molecule has 1 N–H and O–H groups in total. The number of hydrogen-bond donors (Lipinski definition) is 1. The molecule has 0 radical (unpaired) electrons. The molecule has 0 aliphatic carbocycles. The van der Waals surface area contributed by atoms with Crippen LogP contribution in [0, 0.1) is 0 Å². The van der Waals surface area contributed by atoms with E-state index in [4.69, 9.17) is 23.4 Å². The summed E-state index contributed by atoms with van der Waals surface area (Å²) < 4.78 is 27.6. The Morgan fingerprint density at radius 2 is 1.70 bits per heavy atom. The van der Waals surface area contributed by atoms with Crippen LogP contribution in [0.5, 0.6) is 23.0 Å². The minimum absolute atomic E-state index is 0.0583. The Bertz CT molecular complexity index is 1580. The Morgan fingerprint density at radius 3 is 2.58 bits per heavy atom. The summed E-state index contributed by atoms with van der Waals surface area (Å²) in [6.45, 7) is 0.201. The Labute approximate surface area is 229 Å². The van der Waals surface area contributed by atoms with E-state index in [2.05, 4.69) is 5.32 Å². The highest BCUT2D eigenvalue weighted by Gasteiger charge is 2.28. The van der Waals surface area contributed by atoms with E-state index in [0.717, 1.165) is 5.56 Å². The summed E-state index contributed by atoms with van der Waals surface area (Å²) in [4.78, 5) is 39.8. The zero-order chi connectivity index (χ0) is 27.5. The van der Waals surface area contributed by atoms with Gasteiger partial charge in [0, 0.05) is 12.1 Å². The van der Waals surface area contributed by atoms with Gasteiger partial charge in [0.15, 0.2) is 36.3 Å². The van der Waals surface area contributed by atoms with Crippen LogP contribution in [0.15, 0.2) is 83.3 Å². The Morgan fingerprint density at radius 1 is 0.875 bits per heavy atom. The van der Waals surface area contributed by atoms with Gasteiger partial charge in [0.25, 0.3) is 11.8 Å². The first kappa shape index (κ1) is 25.1. The standard InChI is InChI=1S/C30H24N2O8/c33-24(16-36-21-4-2-1-3-5-21)20-7-10-25-23(13-20)32(29(34)17-37-25)15-22-8-11-27(40-22)30(35)31-14-19-6-9-26-28(12-19)39-18-38-26/h1-13H,14-18H2,(H,31,35). The third-order valence-corrected chi connectivity index (χ3v) is 6.43. The number of para-hydroxylation sites is 1. The van der Waals surface area contributed by atoms with Crippen LogP contribution in [-0.2, 0) is 17.9 Å². The summed E-state index contributed by atoms with van der Waals surface area (Å²) >= 11 is 0. The van der Waals surface area contributed by atoms with Crippen molar-refractivity contribution >= 4 is 23.3 Å². The van der Waals surface area contributed by atoms with Gasteiger partial charge in [-0.1, -0.05) is 24.3 Å². The van der Waals surface area contributed by atoms with E-state index in [1.165, 1.54) is 4.90 Å². The molecule has 2 aliphatic heterocycles. The molecule has 0 spiro atoms. The Kier molecular flexibility index (Phi) is 6.80. The third-order valence-electron chi connectivity index (χ3n) is 6.43. The first-order valence-electron chi connectivity index (χ1n) is 12.6. The number of fused-ring (bicyclic) bond motifs is 2. The van der Waals surface area contributed by atoms with Gasteiger partial charge >= 0.3 is 0 Å². The number of amides is 2. The van der Waals surface area contributed by atoms with Crippen molar-refractivity contribution in [1.82, 2.24) is 5.32 Å². The van der Waals surface area contributed by atoms with Crippen molar-refractivity contribution in [3.63, 3.8) is 0 Å².